The zero-order valence-corrected chi connectivity index (χ0v) is 23.0. The molecule has 9 heteroatoms. The van der Waals surface area contributed by atoms with Crippen LogP contribution in [0.3, 0.4) is 0 Å². The van der Waals surface area contributed by atoms with Gasteiger partial charge in [0.2, 0.25) is 5.96 Å². The van der Waals surface area contributed by atoms with Crippen molar-refractivity contribution >= 4 is 23.9 Å². The van der Waals surface area contributed by atoms with Gasteiger partial charge in [-0.2, -0.15) is 0 Å². The third-order valence-corrected chi connectivity index (χ3v) is 7.00. The molecule has 1 heterocycles. The second-order valence-electron chi connectivity index (χ2n) is 10.5. The fourth-order valence-electron chi connectivity index (χ4n) is 5.16. The summed E-state index contributed by atoms with van der Waals surface area (Å²) in [5, 5.41) is 12.7. The Morgan fingerprint density at radius 2 is 1.70 bits per heavy atom. The number of carbonyl (C=O) groups excluding carboxylic acids is 2. The highest BCUT2D eigenvalue weighted by molar-refractivity contribution is 6.11. The van der Waals surface area contributed by atoms with Crippen molar-refractivity contribution in [2.75, 3.05) is 7.05 Å². The highest BCUT2D eigenvalue weighted by Crippen LogP contribution is 2.39. The van der Waals surface area contributed by atoms with E-state index < -0.39 is 17.7 Å². The number of carboxylic acid groups (broad SMARTS) is 1. The van der Waals surface area contributed by atoms with Crippen LogP contribution >= 0.6 is 0 Å². The van der Waals surface area contributed by atoms with E-state index in [0.717, 1.165) is 5.56 Å². The molecule has 0 radical (unpaired) electrons. The smallest absolute Gasteiger partial charge is 0.434 e. The summed E-state index contributed by atoms with van der Waals surface area (Å²) in [6, 6.07) is 21.4. The van der Waals surface area contributed by atoms with Gasteiger partial charge in [-0.3, -0.25) is 14.5 Å². The van der Waals surface area contributed by atoms with Gasteiger partial charge in [0.25, 0.3) is 11.8 Å². The van der Waals surface area contributed by atoms with E-state index in [4.69, 9.17) is 0 Å². The zero-order chi connectivity index (χ0) is 29.0. The Bertz CT molecular complexity index is 1420. The summed E-state index contributed by atoms with van der Waals surface area (Å²) in [7, 11) is 1.66. The van der Waals surface area contributed by atoms with Gasteiger partial charge in [0.05, 0.1) is 6.04 Å². The second-order valence-corrected chi connectivity index (χ2v) is 10.5. The monoisotopic (exact) mass is 544 g/mol. The normalized spacial score (nSPS) is 18.6. The first-order chi connectivity index (χ1) is 19.0. The fraction of sp³-hybridized carbons (Fsp3) is 0.290. The Kier molecular flexibility index (Phi) is 8.32. The SMILES string of the molecule is CC(C)CC1(c2ccccc2)NC(=NC(=O)O)N([C@H](C)c2cccc(C(=O)N(C)Cc3ccc(F)cc3)c2)C1=O. The van der Waals surface area contributed by atoms with Crippen LogP contribution in [-0.4, -0.2) is 45.8 Å². The molecule has 0 aromatic heterocycles. The largest absolute Gasteiger partial charge is 0.463 e. The summed E-state index contributed by atoms with van der Waals surface area (Å²) >= 11 is 0. The van der Waals surface area contributed by atoms with Crippen LogP contribution in [0.2, 0.25) is 0 Å². The van der Waals surface area contributed by atoms with Gasteiger partial charge >= 0.3 is 6.09 Å². The number of guanidine groups is 1. The number of carbonyl (C=O) groups is 3. The molecule has 0 saturated carbocycles. The third-order valence-electron chi connectivity index (χ3n) is 7.00. The van der Waals surface area contributed by atoms with Crippen molar-refractivity contribution in [3.8, 4) is 0 Å². The maximum absolute atomic E-state index is 14.2. The average molecular weight is 545 g/mol. The number of hydrogen-bond acceptors (Lipinski definition) is 3. The highest BCUT2D eigenvalue weighted by atomic mass is 19.1. The first-order valence-electron chi connectivity index (χ1n) is 13.1. The molecule has 3 amide bonds. The fourth-order valence-corrected chi connectivity index (χ4v) is 5.16. The van der Waals surface area contributed by atoms with Gasteiger partial charge in [0.15, 0.2) is 0 Å². The summed E-state index contributed by atoms with van der Waals surface area (Å²) in [5.74, 6) is -0.858. The summed E-state index contributed by atoms with van der Waals surface area (Å²) in [5.41, 5.74) is 1.35. The molecule has 1 aliphatic rings. The molecule has 2 atom stereocenters. The van der Waals surface area contributed by atoms with Crippen molar-refractivity contribution in [2.24, 2.45) is 10.9 Å². The molecule has 3 aromatic carbocycles. The number of benzene rings is 3. The minimum absolute atomic E-state index is 0.0559. The highest BCUT2D eigenvalue weighted by Gasteiger charge is 2.53. The quantitative estimate of drug-likeness (QED) is 0.386. The van der Waals surface area contributed by atoms with E-state index in [1.54, 1.807) is 50.4 Å². The van der Waals surface area contributed by atoms with Gasteiger partial charge in [-0.05, 0) is 60.2 Å². The molecule has 3 aromatic rings. The third kappa shape index (κ3) is 5.88. The molecule has 40 heavy (non-hydrogen) atoms. The Morgan fingerprint density at radius 1 is 1.02 bits per heavy atom. The van der Waals surface area contributed by atoms with Crippen LogP contribution in [-0.2, 0) is 16.9 Å². The first-order valence-corrected chi connectivity index (χ1v) is 13.1. The molecular weight excluding hydrogens is 511 g/mol. The molecule has 0 bridgehead atoms. The maximum atomic E-state index is 14.2. The molecule has 1 unspecified atom stereocenters. The minimum atomic E-state index is -1.42. The molecule has 208 valence electrons. The maximum Gasteiger partial charge on any atom is 0.434 e. The Balaban J connectivity index is 1.67. The van der Waals surface area contributed by atoms with E-state index in [1.165, 1.54) is 21.9 Å². The minimum Gasteiger partial charge on any atom is -0.463 e. The van der Waals surface area contributed by atoms with Crippen LogP contribution in [0, 0.1) is 11.7 Å². The molecule has 2 N–H and O–H groups in total. The average Bonchev–Trinajstić information content (AvgIpc) is 3.19. The number of rotatable bonds is 8. The molecule has 0 aliphatic carbocycles. The molecule has 4 rings (SSSR count). The van der Waals surface area contributed by atoms with E-state index >= 15 is 0 Å². The van der Waals surface area contributed by atoms with Crippen LogP contribution in [0.25, 0.3) is 0 Å². The summed E-state index contributed by atoms with van der Waals surface area (Å²) in [6.45, 7) is 6.06. The van der Waals surface area contributed by atoms with E-state index in [0.29, 0.717) is 23.1 Å². The summed E-state index contributed by atoms with van der Waals surface area (Å²) in [6.07, 6.45) is -1.00. The standard InChI is InChI=1S/C31H33FN4O4/c1-20(2)18-31(25-11-6-5-7-12-25)28(38)36(29(34-31)33-30(39)40)21(3)23-9-8-10-24(17-23)27(37)35(4)19-22-13-15-26(32)16-14-22/h5-17,20-21H,18-19H2,1-4H3,(H,33,34)(H,39,40)/t21-,31?/m1/s1. The zero-order valence-electron chi connectivity index (χ0n) is 23.0. The number of amides is 3. The number of hydrogen-bond donors (Lipinski definition) is 2. The lowest BCUT2D eigenvalue weighted by Gasteiger charge is -2.30. The Labute approximate surface area is 233 Å². The molecule has 8 nitrogen and oxygen atoms in total. The molecule has 1 fully saturated rings. The van der Waals surface area contributed by atoms with Crippen LogP contribution in [0.15, 0.2) is 83.9 Å². The lowest BCUT2D eigenvalue weighted by atomic mass is 9.82. The van der Waals surface area contributed by atoms with Crippen molar-refractivity contribution in [3.05, 3.63) is 107 Å². The van der Waals surface area contributed by atoms with Gasteiger partial charge in [-0.25, -0.2) is 9.18 Å². The van der Waals surface area contributed by atoms with E-state index in [1.807, 2.05) is 44.2 Å². The summed E-state index contributed by atoms with van der Waals surface area (Å²) in [4.78, 5) is 45.8. The van der Waals surface area contributed by atoms with Gasteiger partial charge in [-0.1, -0.05) is 68.4 Å². The lowest BCUT2D eigenvalue weighted by Crippen LogP contribution is -2.45. The topological polar surface area (TPSA) is 102 Å². The van der Waals surface area contributed by atoms with Crippen LogP contribution < -0.4 is 5.32 Å². The van der Waals surface area contributed by atoms with E-state index in [9.17, 15) is 23.9 Å². The van der Waals surface area contributed by atoms with Crippen LogP contribution in [0.5, 0.6) is 0 Å². The van der Waals surface area contributed by atoms with Gasteiger partial charge < -0.3 is 15.3 Å². The number of nitrogens with zero attached hydrogens (tertiary/aromatic N) is 3. The van der Waals surface area contributed by atoms with Crippen molar-refractivity contribution in [3.63, 3.8) is 0 Å². The predicted octanol–water partition coefficient (Wildman–Crippen LogP) is 5.57. The number of nitrogens with one attached hydrogen (secondary N) is 1. The number of halogens is 1. The van der Waals surface area contributed by atoms with Crippen molar-refractivity contribution in [1.82, 2.24) is 15.1 Å². The Morgan fingerprint density at radius 3 is 2.33 bits per heavy atom. The second kappa shape index (κ2) is 11.7. The van der Waals surface area contributed by atoms with E-state index in [-0.39, 0.29) is 36.1 Å². The summed E-state index contributed by atoms with van der Waals surface area (Å²) < 4.78 is 13.3. The van der Waals surface area contributed by atoms with Gasteiger partial charge in [0.1, 0.15) is 11.4 Å². The lowest BCUT2D eigenvalue weighted by molar-refractivity contribution is -0.133. The molecule has 1 aliphatic heterocycles. The first kappa shape index (κ1) is 28.5. The van der Waals surface area contributed by atoms with Gasteiger partial charge in [-0.15, -0.1) is 4.99 Å². The molecule has 0 spiro atoms. The predicted molar refractivity (Wildman–Crippen MR) is 150 cm³/mol. The van der Waals surface area contributed by atoms with Crippen molar-refractivity contribution < 1.29 is 23.9 Å². The van der Waals surface area contributed by atoms with E-state index in [2.05, 4.69) is 10.3 Å². The van der Waals surface area contributed by atoms with Crippen LogP contribution in [0.4, 0.5) is 9.18 Å². The Hall–Kier alpha value is -4.53. The molecule has 1 saturated heterocycles. The molecular formula is C31H33FN4O4. The number of aliphatic imine (C=N–C) groups is 1. The van der Waals surface area contributed by atoms with Crippen molar-refractivity contribution in [1.29, 1.82) is 0 Å². The van der Waals surface area contributed by atoms with Crippen LogP contribution in [0.1, 0.15) is 60.3 Å². The van der Waals surface area contributed by atoms with Gasteiger partial charge in [0, 0.05) is 19.2 Å². The van der Waals surface area contributed by atoms with Crippen molar-refractivity contribution in [2.45, 2.75) is 45.3 Å².